The zero-order valence-corrected chi connectivity index (χ0v) is 17.6. The van der Waals surface area contributed by atoms with Crippen LogP contribution in [0.1, 0.15) is 23.2 Å². The molecule has 1 aromatic carbocycles. The molecule has 2 N–H and O–H groups in total. The molecular weight excluding hydrogens is 422 g/mol. The second-order valence-electron chi connectivity index (χ2n) is 6.57. The molecule has 1 saturated heterocycles. The maximum absolute atomic E-state index is 12.6. The van der Waals surface area contributed by atoms with E-state index in [1.165, 1.54) is 23.5 Å². The zero-order valence-electron chi connectivity index (χ0n) is 15.2. The fourth-order valence-corrected chi connectivity index (χ4v) is 5.85. The first-order valence-electron chi connectivity index (χ1n) is 8.57. The first kappa shape index (κ1) is 20.8. The van der Waals surface area contributed by atoms with Crippen LogP contribution in [0, 0.1) is 0 Å². The van der Waals surface area contributed by atoms with Crippen LogP contribution < -0.4 is 9.44 Å². The molecule has 2 heterocycles. The summed E-state index contributed by atoms with van der Waals surface area (Å²) < 4.78 is 52.4. The van der Waals surface area contributed by atoms with Gasteiger partial charge in [0.1, 0.15) is 4.21 Å². The molecule has 0 radical (unpaired) electrons. The fourth-order valence-electron chi connectivity index (χ4n) is 2.97. The van der Waals surface area contributed by atoms with Crippen LogP contribution in [0.25, 0.3) is 0 Å². The molecule has 0 unspecified atom stereocenters. The highest BCUT2D eigenvalue weighted by Crippen LogP contribution is 2.20. The molecule has 0 spiro atoms. The molecular formula is C17H21N3O5S3. The first-order chi connectivity index (χ1) is 13.1. The lowest BCUT2D eigenvalue weighted by Crippen LogP contribution is -2.46. The molecule has 1 amide bonds. The average Bonchev–Trinajstić information content (AvgIpc) is 3.16. The summed E-state index contributed by atoms with van der Waals surface area (Å²) in [6.45, 7) is 0.888. The molecule has 152 valence electrons. The molecule has 0 atom stereocenters. The highest BCUT2D eigenvalue weighted by molar-refractivity contribution is 7.92. The van der Waals surface area contributed by atoms with Crippen LogP contribution in [0.2, 0.25) is 0 Å². The summed E-state index contributed by atoms with van der Waals surface area (Å²) in [5.41, 5.74) is 0.845. The lowest BCUT2D eigenvalue weighted by Gasteiger charge is -2.32. The van der Waals surface area contributed by atoms with E-state index in [-0.39, 0.29) is 16.2 Å². The second-order valence-corrected chi connectivity index (χ2v) is 11.2. The number of rotatable bonds is 6. The Balaban J connectivity index is 1.56. The molecule has 0 bridgehead atoms. The van der Waals surface area contributed by atoms with Crippen molar-refractivity contribution in [3.63, 3.8) is 0 Å². The highest BCUT2D eigenvalue weighted by atomic mass is 32.2. The minimum Gasteiger partial charge on any atom is -0.339 e. The minimum atomic E-state index is -3.52. The Morgan fingerprint density at radius 3 is 2.25 bits per heavy atom. The Morgan fingerprint density at radius 1 is 1.07 bits per heavy atom. The second kappa shape index (κ2) is 8.19. The summed E-state index contributed by atoms with van der Waals surface area (Å²) in [5.74, 6) is -0.162. The van der Waals surface area contributed by atoms with Gasteiger partial charge in [-0.1, -0.05) is 6.07 Å². The highest BCUT2D eigenvalue weighted by Gasteiger charge is 2.27. The molecule has 3 rings (SSSR count). The quantitative estimate of drug-likeness (QED) is 0.706. The summed E-state index contributed by atoms with van der Waals surface area (Å²) in [7, 11) is -6.89. The van der Waals surface area contributed by atoms with E-state index in [1.54, 1.807) is 34.5 Å². The predicted octanol–water partition coefficient (Wildman–Crippen LogP) is 1.70. The number of nitrogens with one attached hydrogen (secondary N) is 2. The van der Waals surface area contributed by atoms with Gasteiger partial charge in [-0.3, -0.25) is 9.52 Å². The average molecular weight is 444 g/mol. The molecule has 1 aromatic heterocycles. The van der Waals surface area contributed by atoms with E-state index in [0.29, 0.717) is 37.2 Å². The third-order valence-electron chi connectivity index (χ3n) is 4.30. The molecule has 0 saturated carbocycles. The van der Waals surface area contributed by atoms with E-state index >= 15 is 0 Å². The summed E-state index contributed by atoms with van der Waals surface area (Å²) in [5, 5.41) is 1.71. The summed E-state index contributed by atoms with van der Waals surface area (Å²) >= 11 is 1.17. The lowest BCUT2D eigenvalue weighted by atomic mass is 10.0. The van der Waals surface area contributed by atoms with Crippen molar-refractivity contribution in [2.24, 2.45) is 0 Å². The number of likely N-dealkylation sites (tertiary alicyclic amines) is 1. The van der Waals surface area contributed by atoms with Gasteiger partial charge in [-0.15, -0.1) is 11.3 Å². The minimum absolute atomic E-state index is 0.162. The van der Waals surface area contributed by atoms with E-state index < -0.39 is 20.0 Å². The van der Waals surface area contributed by atoms with Crippen molar-refractivity contribution < 1.29 is 21.6 Å². The van der Waals surface area contributed by atoms with Crippen molar-refractivity contribution in [3.8, 4) is 0 Å². The topological polar surface area (TPSA) is 113 Å². The molecule has 8 nitrogen and oxygen atoms in total. The monoisotopic (exact) mass is 443 g/mol. The van der Waals surface area contributed by atoms with Gasteiger partial charge in [0, 0.05) is 30.4 Å². The number of carbonyl (C=O) groups excluding carboxylic acids is 1. The largest absolute Gasteiger partial charge is 0.339 e. The molecule has 11 heteroatoms. The maximum Gasteiger partial charge on any atom is 0.253 e. The Labute approximate surface area is 168 Å². The van der Waals surface area contributed by atoms with E-state index in [2.05, 4.69) is 9.44 Å². The van der Waals surface area contributed by atoms with Gasteiger partial charge in [-0.2, -0.15) is 0 Å². The molecule has 1 aliphatic heterocycles. The Kier molecular flexibility index (Phi) is 6.08. The molecule has 0 aliphatic carbocycles. The van der Waals surface area contributed by atoms with Crippen LogP contribution in [0.5, 0.6) is 0 Å². The number of piperidine rings is 1. The van der Waals surface area contributed by atoms with Gasteiger partial charge in [-0.05, 0) is 48.6 Å². The number of hydrogen-bond acceptors (Lipinski definition) is 6. The Morgan fingerprint density at radius 2 is 1.71 bits per heavy atom. The van der Waals surface area contributed by atoms with Gasteiger partial charge in [0.25, 0.3) is 5.91 Å². The number of hydrogen-bond donors (Lipinski definition) is 2. The van der Waals surface area contributed by atoms with E-state index in [1.807, 2.05) is 0 Å². The van der Waals surface area contributed by atoms with E-state index in [0.717, 1.165) is 6.26 Å². The van der Waals surface area contributed by atoms with Gasteiger partial charge in [-0.25, -0.2) is 21.6 Å². The summed E-state index contributed by atoms with van der Waals surface area (Å²) in [4.78, 5) is 14.3. The van der Waals surface area contributed by atoms with Crippen LogP contribution in [0.15, 0.2) is 46.0 Å². The van der Waals surface area contributed by atoms with Gasteiger partial charge in [0.2, 0.25) is 20.0 Å². The lowest BCUT2D eigenvalue weighted by molar-refractivity contribution is 0.0711. The maximum atomic E-state index is 12.6. The predicted molar refractivity (Wildman–Crippen MR) is 108 cm³/mol. The van der Waals surface area contributed by atoms with Crippen LogP contribution >= 0.6 is 11.3 Å². The number of nitrogens with zero attached hydrogens (tertiary/aromatic N) is 1. The first-order valence-corrected chi connectivity index (χ1v) is 12.8. The number of anilines is 1. The Bertz CT molecular complexity index is 1020. The number of sulfonamides is 2. The van der Waals surface area contributed by atoms with Crippen molar-refractivity contribution in [3.05, 3.63) is 47.3 Å². The zero-order chi connectivity index (χ0) is 20.4. The SMILES string of the molecule is CS(=O)(=O)Nc1ccc(C(=O)N2CCC(NS(=O)(=O)c3cccs3)CC2)cc1. The molecule has 1 fully saturated rings. The van der Waals surface area contributed by atoms with Crippen LogP contribution in [0.3, 0.4) is 0 Å². The smallest absolute Gasteiger partial charge is 0.253 e. The molecule has 2 aromatic rings. The van der Waals surface area contributed by atoms with Gasteiger partial charge >= 0.3 is 0 Å². The standard InChI is InChI=1S/C17H21N3O5S3/c1-27(22,23)18-14-6-4-13(5-7-14)17(21)20-10-8-15(9-11-20)19-28(24,25)16-3-2-12-26-16/h2-7,12,15,18-19H,8-11H2,1H3. The number of thiophene rings is 1. The van der Waals surface area contributed by atoms with Crippen molar-refractivity contribution in [1.29, 1.82) is 0 Å². The van der Waals surface area contributed by atoms with Crippen molar-refractivity contribution >= 4 is 43.0 Å². The van der Waals surface area contributed by atoms with Crippen molar-refractivity contribution in [1.82, 2.24) is 9.62 Å². The summed E-state index contributed by atoms with van der Waals surface area (Å²) in [6.07, 6.45) is 2.12. The van der Waals surface area contributed by atoms with Crippen molar-refractivity contribution in [2.45, 2.75) is 23.1 Å². The van der Waals surface area contributed by atoms with Gasteiger partial charge < -0.3 is 4.90 Å². The molecule has 1 aliphatic rings. The number of benzene rings is 1. The summed E-state index contributed by atoms with van der Waals surface area (Å²) in [6, 6.07) is 9.26. The Hall–Kier alpha value is -1.95. The third kappa shape index (κ3) is 5.31. The van der Waals surface area contributed by atoms with Gasteiger partial charge in [0.05, 0.1) is 6.26 Å². The van der Waals surface area contributed by atoms with Crippen LogP contribution in [0.4, 0.5) is 5.69 Å². The number of amides is 1. The van der Waals surface area contributed by atoms with E-state index in [4.69, 9.17) is 0 Å². The third-order valence-corrected chi connectivity index (χ3v) is 7.82. The van der Waals surface area contributed by atoms with Crippen molar-refractivity contribution in [2.75, 3.05) is 24.1 Å². The van der Waals surface area contributed by atoms with Crippen LogP contribution in [-0.4, -0.2) is 53.0 Å². The van der Waals surface area contributed by atoms with E-state index in [9.17, 15) is 21.6 Å². The van der Waals surface area contributed by atoms with Gasteiger partial charge in [0.15, 0.2) is 0 Å². The normalized spacial score (nSPS) is 16.1. The fraction of sp³-hybridized carbons (Fsp3) is 0.353. The van der Waals surface area contributed by atoms with Crippen LogP contribution in [-0.2, 0) is 20.0 Å². The number of carbonyl (C=O) groups is 1. The molecule has 28 heavy (non-hydrogen) atoms.